The molecule has 0 fully saturated rings. The zero-order valence-corrected chi connectivity index (χ0v) is 13.3. The fourth-order valence-electron chi connectivity index (χ4n) is 2.85. The Labute approximate surface area is 122 Å². The van der Waals surface area contributed by atoms with Crippen LogP contribution >= 0.6 is 0 Å². The van der Waals surface area contributed by atoms with Gasteiger partial charge in [-0.2, -0.15) is 12.7 Å². The molecule has 0 amide bonds. The second-order valence-corrected chi connectivity index (χ2v) is 7.36. The molecule has 1 heterocycles. The molecular weight excluding hydrogens is 272 g/mol. The van der Waals surface area contributed by atoms with Crippen LogP contribution in [0.3, 0.4) is 0 Å². The monoisotopic (exact) mass is 296 g/mol. The molecular formula is C15H24N2O2S. The minimum Gasteiger partial charge on any atom is -0.202 e. The number of nitrogens with one attached hydrogen (secondary N) is 1. The standard InChI is InChI=1S/C15H24N2O2S/c1-4-10-16-20(18,19)17-11-9-13-7-5-6-8-14(13)15(17)12(2)3/h5-8,12,15-16H,4,9-11H2,1-3H3. The second kappa shape index (κ2) is 6.24. The van der Waals surface area contributed by atoms with Crippen molar-refractivity contribution in [3.8, 4) is 0 Å². The van der Waals surface area contributed by atoms with Gasteiger partial charge >= 0.3 is 0 Å². The van der Waals surface area contributed by atoms with Gasteiger partial charge in [0.2, 0.25) is 0 Å². The number of hydrogen-bond donors (Lipinski definition) is 1. The summed E-state index contributed by atoms with van der Waals surface area (Å²) in [6.07, 6.45) is 1.59. The van der Waals surface area contributed by atoms with Gasteiger partial charge in [0.15, 0.2) is 0 Å². The lowest BCUT2D eigenvalue weighted by Crippen LogP contribution is -2.47. The highest BCUT2D eigenvalue weighted by molar-refractivity contribution is 7.87. The number of rotatable bonds is 5. The third-order valence-corrected chi connectivity index (χ3v) is 5.36. The first-order chi connectivity index (χ1) is 9.47. The molecule has 1 aliphatic rings. The van der Waals surface area contributed by atoms with Crippen molar-refractivity contribution in [3.05, 3.63) is 35.4 Å². The normalized spacial score (nSPS) is 20.1. The maximum atomic E-state index is 12.5. The van der Waals surface area contributed by atoms with Crippen molar-refractivity contribution in [2.45, 2.75) is 39.7 Å². The molecule has 1 unspecified atom stereocenters. The van der Waals surface area contributed by atoms with Crippen LogP contribution in [0.4, 0.5) is 0 Å². The van der Waals surface area contributed by atoms with Crippen LogP contribution in [0.2, 0.25) is 0 Å². The predicted molar refractivity (Wildman–Crippen MR) is 81.6 cm³/mol. The van der Waals surface area contributed by atoms with Gasteiger partial charge in [-0.3, -0.25) is 0 Å². The summed E-state index contributed by atoms with van der Waals surface area (Å²) in [5.41, 5.74) is 2.42. The Morgan fingerprint density at radius 1 is 1.35 bits per heavy atom. The van der Waals surface area contributed by atoms with Crippen molar-refractivity contribution >= 4 is 10.2 Å². The molecule has 20 heavy (non-hydrogen) atoms. The number of fused-ring (bicyclic) bond motifs is 1. The van der Waals surface area contributed by atoms with Crippen LogP contribution in [0.5, 0.6) is 0 Å². The Morgan fingerprint density at radius 2 is 2.05 bits per heavy atom. The van der Waals surface area contributed by atoms with Crippen LogP contribution < -0.4 is 4.72 Å². The maximum Gasteiger partial charge on any atom is 0.280 e. The van der Waals surface area contributed by atoms with Crippen molar-refractivity contribution in [2.24, 2.45) is 5.92 Å². The first-order valence-electron chi connectivity index (χ1n) is 7.31. The number of nitrogens with zero attached hydrogens (tertiary/aromatic N) is 1. The molecule has 0 spiro atoms. The van der Waals surface area contributed by atoms with Gasteiger partial charge in [-0.25, -0.2) is 4.72 Å². The van der Waals surface area contributed by atoms with E-state index in [2.05, 4.69) is 30.7 Å². The van der Waals surface area contributed by atoms with Gasteiger partial charge in [0.1, 0.15) is 0 Å². The highest BCUT2D eigenvalue weighted by atomic mass is 32.2. The largest absolute Gasteiger partial charge is 0.280 e. The topological polar surface area (TPSA) is 49.4 Å². The smallest absolute Gasteiger partial charge is 0.202 e. The van der Waals surface area contributed by atoms with Crippen LogP contribution in [0.25, 0.3) is 0 Å². The molecule has 1 aliphatic heterocycles. The SMILES string of the molecule is CCCNS(=O)(=O)N1CCc2ccccc2C1C(C)C. The molecule has 0 bridgehead atoms. The molecule has 5 heteroatoms. The number of hydrogen-bond acceptors (Lipinski definition) is 2. The molecule has 1 N–H and O–H groups in total. The summed E-state index contributed by atoms with van der Waals surface area (Å²) in [6.45, 7) is 7.17. The summed E-state index contributed by atoms with van der Waals surface area (Å²) in [5, 5.41) is 0. The van der Waals surface area contributed by atoms with E-state index in [0.29, 0.717) is 13.1 Å². The Bertz CT molecular complexity index is 555. The van der Waals surface area contributed by atoms with Gasteiger partial charge in [-0.1, -0.05) is 45.0 Å². The molecule has 1 aromatic rings. The van der Waals surface area contributed by atoms with E-state index < -0.39 is 10.2 Å². The molecule has 0 saturated heterocycles. The summed E-state index contributed by atoms with van der Waals surface area (Å²) >= 11 is 0. The Balaban J connectivity index is 2.36. The van der Waals surface area contributed by atoms with Crippen LogP contribution in [0.1, 0.15) is 44.4 Å². The van der Waals surface area contributed by atoms with Gasteiger partial charge < -0.3 is 0 Å². The maximum absolute atomic E-state index is 12.5. The molecule has 0 radical (unpaired) electrons. The molecule has 0 aromatic heterocycles. The lowest BCUT2D eigenvalue weighted by Gasteiger charge is -2.38. The third kappa shape index (κ3) is 3.05. The van der Waals surface area contributed by atoms with E-state index in [0.717, 1.165) is 18.4 Å². The summed E-state index contributed by atoms with van der Waals surface area (Å²) < 4.78 is 29.3. The van der Waals surface area contributed by atoms with Gasteiger partial charge in [0.05, 0.1) is 6.04 Å². The van der Waals surface area contributed by atoms with E-state index in [1.54, 1.807) is 4.31 Å². The van der Waals surface area contributed by atoms with Crippen LogP contribution in [-0.2, 0) is 16.6 Å². The molecule has 0 saturated carbocycles. The van der Waals surface area contributed by atoms with Crippen molar-refractivity contribution in [1.82, 2.24) is 9.03 Å². The third-order valence-electron chi connectivity index (χ3n) is 3.76. The van der Waals surface area contributed by atoms with Gasteiger partial charge in [0.25, 0.3) is 10.2 Å². The minimum absolute atomic E-state index is 0.0747. The minimum atomic E-state index is -3.40. The average molecular weight is 296 g/mol. The molecule has 4 nitrogen and oxygen atoms in total. The Hall–Kier alpha value is -0.910. The zero-order chi connectivity index (χ0) is 14.8. The van der Waals surface area contributed by atoms with Gasteiger partial charge in [0, 0.05) is 13.1 Å². The highest BCUT2D eigenvalue weighted by Gasteiger charge is 2.36. The van der Waals surface area contributed by atoms with E-state index in [1.807, 2.05) is 19.1 Å². The first kappa shape index (κ1) is 15.5. The van der Waals surface area contributed by atoms with E-state index in [9.17, 15) is 8.42 Å². The van der Waals surface area contributed by atoms with Gasteiger partial charge in [-0.05, 0) is 29.9 Å². The van der Waals surface area contributed by atoms with Crippen molar-refractivity contribution in [3.63, 3.8) is 0 Å². The quantitative estimate of drug-likeness (QED) is 0.907. The van der Waals surface area contributed by atoms with Crippen LogP contribution in [-0.4, -0.2) is 25.8 Å². The van der Waals surface area contributed by atoms with Gasteiger partial charge in [-0.15, -0.1) is 0 Å². The molecule has 2 rings (SSSR count). The fourth-order valence-corrected chi connectivity index (χ4v) is 4.47. The molecule has 1 atom stereocenters. The summed E-state index contributed by atoms with van der Waals surface area (Å²) in [4.78, 5) is 0. The average Bonchev–Trinajstić information content (AvgIpc) is 2.43. The summed E-state index contributed by atoms with van der Waals surface area (Å²) in [6, 6.07) is 8.10. The lowest BCUT2D eigenvalue weighted by atomic mass is 9.88. The van der Waals surface area contributed by atoms with E-state index in [4.69, 9.17) is 0 Å². The van der Waals surface area contributed by atoms with Crippen molar-refractivity contribution in [1.29, 1.82) is 0 Å². The van der Waals surface area contributed by atoms with Crippen molar-refractivity contribution < 1.29 is 8.42 Å². The summed E-state index contributed by atoms with van der Waals surface area (Å²) in [5.74, 6) is 0.245. The predicted octanol–water partition coefficient (Wildman–Crippen LogP) is 2.49. The van der Waals surface area contributed by atoms with Crippen LogP contribution in [0.15, 0.2) is 24.3 Å². The second-order valence-electron chi connectivity index (χ2n) is 5.65. The molecule has 1 aromatic carbocycles. The Morgan fingerprint density at radius 3 is 2.70 bits per heavy atom. The highest BCUT2D eigenvalue weighted by Crippen LogP contribution is 2.36. The molecule has 112 valence electrons. The van der Waals surface area contributed by atoms with Crippen molar-refractivity contribution in [2.75, 3.05) is 13.1 Å². The summed E-state index contributed by atoms with van der Waals surface area (Å²) in [7, 11) is -3.40. The van der Waals surface area contributed by atoms with E-state index >= 15 is 0 Å². The van der Waals surface area contributed by atoms with E-state index in [-0.39, 0.29) is 12.0 Å². The molecule has 0 aliphatic carbocycles. The van der Waals surface area contributed by atoms with E-state index in [1.165, 1.54) is 5.56 Å². The Kier molecular flexibility index (Phi) is 4.83. The lowest BCUT2D eigenvalue weighted by molar-refractivity contribution is 0.245. The number of benzene rings is 1. The zero-order valence-electron chi connectivity index (χ0n) is 12.5. The fraction of sp³-hybridized carbons (Fsp3) is 0.600. The first-order valence-corrected chi connectivity index (χ1v) is 8.75. The van der Waals surface area contributed by atoms with Crippen LogP contribution in [0, 0.1) is 5.92 Å².